The molecule has 0 fully saturated rings. The molecule has 0 radical (unpaired) electrons. The second kappa shape index (κ2) is 5.66. The van der Waals surface area contributed by atoms with Gasteiger partial charge in [0, 0.05) is 5.69 Å². The first-order chi connectivity index (χ1) is 9.88. The molecule has 5 heteroatoms. The summed E-state index contributed by atoms with van der Waals surface area (Å²) in [4.78, 5) is 22.3. The first kappa shape index (κ1) is 14.6. The van der Waals surface area contributed by atoms with Crippen molar-refractivity contribution < 1.29 is 19.8 Å². The van der Waals surface area contributed by atoms with Gasteiger partial charge in [-0.3, -0.25) is 0 Å². The molecule has 2 aromatic rings. The van der Waals surface area contributed by atoms with Gasteiger partial charge in [0.1, 0.15) is 0 Å². The van der Waals surface area contributed by atoms with Crippen LogP contribution in [0.4, 0.5) is 11.4 Å². The van der Waals surface area contributed by atoms with E-state index in [4.69, 9.17) is 5.11 Å². The third-order valence-electron chi connectivity index (χ3n) is 3.16. The van der Waals surface area contributed by atoms with Crippen LogP contribution in [-0.2, 0) is 0 Å². The average molecular weight is 285 g/mol. The molecule has 5 nitrogen and oxygen atoms in total. The van der Waals surface area contributed by atoms with Crippen LogP contribution in [0.15, 0.2) is 36.4 Å². The summed E-state index contributed by atoms with van der Waals surface area (Å²) in [5.74, 6) is -2.21. The fourth-order valence-electron chi connectivity index (χ4n) is 1.98. The number of anilines is 2. The summed E-state index contributed by atoms with van der Waals surface area (Å²) in [5, 5.41) is 21.3. The molecule has 0 aliphatic rings. The van der Waals surface area contributed by atoms with Crippen LogP contribution in [-0.4, -0.2) is 22.2 Å². The Hall–Kier alpha value is -2.82. The van der Waals surface area contributed by atoms with Crippen LogP contribution < -0.4 is 5.32 Å². The lowest BCUT2D eigenvalue weighted by atomic mass is 10.1. The Kier molecular flexibility index (Phi) is 3.93. The van der Waals surface area contributed by atoms with Crippen LogP contribution >= 0.6 is 0 Å². The van der Waals surface area contributed by atoms with E-state index in [1.807, 2.05) is 32.0 Å². The van der Waals surface area contributed by atoms with Gasteiger partial charge in [-0.2, -0.15) is 0 Å². The highest BCUT2D eigenvalue weighted by molar-refractivity contribution is 5.98. The molecule has 0 saturated carbocycles. The number of rotatable bonds is 4. The number of carbonyl (C=O) groups is 2. The predicted molar refractivity (Wildman–Crippen MR) is 79.6 cm³/mol. The minimum Gasteiger partial charge on any atom is -0.478 e. The molecule has 3 N–H and O–H groups in total. The van der Waals surface area contributed by atoms with Gasteiger partial charge in [0.2, 0.25) is 0 Å². The number of hydrogen-bond acceptors (Lipinski definition) is 3. The van der Waals surface area contributed by atoms with E-state index in [1.54, 1.807) is 0 Å². The third kappa shape index (κ3) is 3.20. The van der Waals surface area contributed by atoms with Gasteiger partial charge in [-0.15, -0.1) is 0 Å². The van der Waals surface area contributed by atoms with Gasteiger partial charge >= 0.3 is 11.9 Å². The first-order valence-electron chi connectivity index (χ1n) is 6.33. The Balaban J connectivity index is 2.50. The number of carboxylic acids is 2. The van der Waals surface area contributed by atoms with Gasteiger partial charge in [0.05, 0.1) is 16.8 Å². The molecule has 0 spiro atoms. The Morgan fingerprint density at radius 3 is 2.24 bits per heavy atom. The van der Waals surface area contributed by atoms with Crippen molar-refractivity contribution in [1.29, 1.82) is 0 Å². The summed E-state index contributed by atoms with van der Waals surface area (Å²) in [5.41, 5.74) is 3.04. The van der Waals surface area contributed by atoms with Gasteiger partial charge in [-0.25, -0.2) is 9.59 Å². The number of aryl methyl sites for hydroxylation is 2. The van der Waals surface area contributed by atoms with Gasteiger partial charge in [-0.05, 0) is 49.2 Å². The highest BCUT2D eigenvalue weighted by atomic mass is 16.4. The molecular formula is C16H15NO4. The van der Waals surface area contributed by atoms with E-state index < -0.39 is 11.9 Å². The lowest BCUT2D eigenvalue weighted by Gasteiger charge is -2.13. The molecular weight excluding hydrogens is 270 g/mol. The van der Waals surface area contributed by atoms with Crippen molar-refractivity contribution in [1.82, 2.24) is 0 Å². The summed E-state index contributed by atoms with van der Waals surface area (Å²) in [7, 11) is 0. The van der Waals surface area contributed by atoms with Crippen molar-refractivity contribution >= 4 is 23.3 Å². The highest BCUT2D eigenvalue weighted by Gasteiger charge is 2.14. The van der Waals surface area contributed by atoms with Crippen molar-refractivity contribution in [3.63, 3.8) is 0 Å². The molecule has 108 valence electrons. The quantitative estimate of drug-likeness (QED) is 0.801. The highest BCUT2D eigenvalue weighted by Crippen LogP contribution is 2.26. The van der Waals surface area contributed by atoms with E-state index in [9.17, 15) is 14.7 Å². The van der Waals surface area contributed by atoms with Gasteiger partial charge in [0.25, 0.3) is 0 Å². The predicted octanol–water partition coefficient (Wildman–Crippen LogP) is 3.44. The molecule has 0 amide bonds. The SMILES string of the molecule is Cc1ccc(C)c(Nc2cc(C(=O)O)ccc2C(=O)O)c1. The summed E-state index contributed by atoms with van der Waals surface area (Å²) < 4.78 is 0. The van der Waals surface area contributed by atoms with Crippen molar-refractivity contribution in [2.24, 2.45) is 0 Å². The fourth-order valence-corrected chi connectivity index (χ4v) is 1.98. The number of benzene rings is 2. The zero-order valence-electron chi connectivity index (χ0n) is 11.7. The molecule has 0 unspecified atom stereocenters. The minimum absolute atomic E-state index is 0.0286. The van der Waals surface area contributed by atoms with Gasteiger partial charge in [0.15, 0.2) is 0 Å². The molecule has 0 aliphatic heterocycles. The minimum atomic E-state index is -1.11. The van der Waals surface area contributed by atoms with E-state index >= 15 is 0 Å². The zero-order valence-corrected chi connectivity index (χ0v) is 11.7. The first-order valence-corrected chi connectivity index (χ1v) is 6.33. The van der Waals surface area contributed by atoms with Crippen molar-refractivity contribution in [3.8, 4) is 0 Å². The molecule has 0 atom stereocenters. The summed E-state index contributed by atoms with van der Waals surface area (Å²) in [6.07, 6.45) is 0. The smallest absolute Gasteiger partial charge is 0.337 e. The Morgan fingerprint density at radius 1 is 0.905 bits per heavy atom. The maximum Gasteiger partial charge on any atom is 0.337 e. The molecule has 2 aromatic carbocycles. The summed E-state index contributed by atoms with van der Waals surface area (Å²) in [6.45, 7) is 3.82. The van der Waals surface area contributed by atoms with Crippen LogP contribution in [0.25, 0.3) is 0 Å². The summed E-state index contributed by atoms with van der Waals surface area (Å²) in [6, 6.07) is 9.65. The Morgan fingerprint density at radius 2 is 1.62 bits per heavy atom. The molecule has 0 aliphatic carbocycles. The Labute approximate surface area is 121 Å². The van der Waals surface area contributed by atoms with E-state index in [1.165, 1.54) is 18.2 Å². The molecule has 2 rings (SSSR count). The molecule has 0 saturated heterocycles. The maximum atomic E-state index is 11.3. The normalized spacial score (nSPS) is 10.2. The van der Waals surface area contributed by atoms with E-state index in [0.717, 1.165) is 16.8 Å². The molecule has 0 aromatic heterocycles. The average Bonchev–Trinajstić information content (AvgIpc) is 2.42. The molecule has 0 bridgehead atoms. The number of hydrogen-bond donors (Lipinski definition) is 3. The third-order valence-corrected chi connectivity index (χ3v) is 3.16. The maximum absolute atomic E-state index is 11.3. The van der Waals surface area contributed by atoms with Gasteiger partial charge in [-0.1, -0.05) is 12.1 Å². The largest absolute Gasteiger partial charge is 0.478 e. The van der Waals surface area contributed by atoms with Crippen LogP contribution in [0.2, 0.25) is 0 Å². The standard InChI is InChI=1S/C16H15NO4/c1-9-3-4-10(2)13(7-9)17-14-8-11(15(18)19)5-6-12(14)16(20)21/h3-8,17H,1-2H3,(H,18,19)(H,20,21). The summed E-state index contributed by atoms with van der Waals surface area (Å²) >= 11 is 0. The topological polar surface area (TPSA) is 86.6 Å². The van der Waals surface area contributed by atoms with Crippen LogP contribution in [0, 0.1) is 13.8 Å². The van der Waals surface area contributed by atoms with Crippen molar-refractivity contribution in [2.75, 3.05) is 5.32 Å². The van der Waals surface area contributed by atoms with Crippen molar-refractivity contribution in [3.05, 3.63) is 58.7 Å². The lowest BCUT2D eigenvalue weighted by Crippen LogP contribution is -2.06. The molecule has 0 heterocycles. The van der Waals surface area contributed by atoms with E-state index in [2.05, 4.69) is 5.32 Å². The van der Waals surface area contributed by atoms with E-state index in [0.29, 0.717) is 0 Å². The van der Waals surface area contributed by atoms with Crippen molar-refractivity contribution in [2.45, 2.75) is 13.8 Å². The Bertz CT molecular complexity index is 722. The molecule has 21 heavy (non-hydrogen) atoms. The van der Waals surface area contributed by atoms with E-state index in [-0.39, 0.29) is 16.8 Å². The number of aromatic carboxylic acids is 2. The van der Waals surface area contributed by atoms with Crippen LogP contribution in [0.3, 0.4) is 0 Å². The second-order valence-electron chi connectivity index (χ2n) is 4.81. The zero-order chi connectivity index (χ0) is 15.6. The number of carboxylic acid groups (broad SMARTS) is 2. The number of nitrogens with one attached hydrogen (secondary N) is 1. The second-order valence-corrected chi connectivity index (χ2v) is 4.81. The van der Waals surface area contributed by atoms with Gasteiger partial charge < -0.3 is 15.5 Å². The van der Waals surface area contributed by atoms with Crippen LogP contribution in [0.1, 0.15) is 31.8 Å². The monoisotopic (exact) mass is 285 g/mol. The fraction of sp³-hybridized carbons (Fsp3) is 0.125. The lowest BCUT2D eigenvalue weighted by molar-refractivity contribution is 0.0682. The van der Waals surface area contributed by atoms with Crippen LogP contribution in [0.5, 0.6) is 0 Å².